The monoisotopic (exact) mass is 290 g/mol. The van der Waals surface area contributed by atoms with Crippen molar-refractivity contribution in [2.24, 2.45) is 10.7 Å². The van der Waals surface area contributed by atoms with E-state index in [9.17, 15) is 0 Å². The average molecular weight is 290 g/mol. The van der Waals surface area contributed by atoms with Crippen LogP contribution in [-0.4, -0.2) is 63.4 Å². The molecule has 0 spiro atoms. The first kappa shape index (κ1) is 14.0. The van der Waals surface area contributed by atoms with E-state index in [1.54, 1.807) is 7.11 Å². The molecule has 0 aromatic heterocycles. The lowest BCUT2D eigenvalue weighted by Gasteiger charge is -2.36. The molecule has 114 valence electrons. The zero-order chi connectivity index (χ0) is 14.7. The van der Waals surface area contributed by atoms with Gasteiger partial charge in [0.1, 0.15) is 18.4 Å². The second kappa shape index (κ2) is 6.22. The number of hydrogen-bond donors (Lipinski definition) is 1. The molecule has 1 aromatic rings. The zero-order valence-electron chi connectivity index (χ0n) is 12.4. The van der Waals surface area contributed by atoms with E-state index in [2.05, 4.69) is 26.9 Å². The van der Waals surface area contributed by atoms with Crippen molar-refractivity contribution in [2.75, 3.05) is 51.3 Å². The predicted octanol–water partition coefficient (Wildman–Crippen LogP) is 0.531. The van der Waals surface area contributed by atoms with Crippen molar-refractivity contribution in [2.45, 2.75) is 6.04 Å². The third kappa shape index (κ3) is 3.39. The predicted molar refractivity (Wildman–Crippen MR) is 83.0 cm³/mol. The Morgan fingerprint density at radius 1 is 1.33 bits per heavy atom. The van der Waals surface area contributed by atoms with Crippen molar-refractivity contribution < 1.29 is 9.47 Å². The highest BCUT2D eigenvalue weighted by molar-refractivity contribution is 5.73. The van der Waals surface area contributed by atoms with Gasteiger partial charge in [0.2, 0.25) is 0 Å². The Morgan fingerprint density at radius 2 is 2.14 bits per heavy atom. The fourth-order valence-electron chi connectivity index (χ4n) is 2.82. The molecule has 1 unspecified atom stereocenters. The van der Waals surface area contributed by atoms with E-state index in [0.717, 1.165) is 38.5 Å². The standard InChI is InChI=1S/C15H22N4O2/c1-20-14-4-2-3-13(9-14)19-7-5-18(6-8-19)10-12-11-21-15(16)17-12/h2-4,9,12H,5-8,10-11H2,1H3,(H2,16,17). The van der Waals surface area contributed by atoms with Crippen LogP contribution < -0.4 is 15.4 Å². The molecular weight excluding hydrogens is 268 g/mol. The molecule has 0 bridgehead atoms. The first-order valence-electron chi connectivity index (χ1n) is 7.32. The number of ether oxygens (including phenoxy) is 2. The second-order valence-electron chi connectivity index (χ2n) is 5.42. The fourth-order valence-corrected chi connectivity index (χ4v) is 2.82. The van der Waals surface area contributed by atoms with Gasteiger partial charge in [-0.3, -0.25) is 4.90 Å². The molecule has 0 radical (unpaired) electrons. The summed E-state index contributed by atoms with van der Waals surface area (Å²) in [5.74, 6) is 0.905. The van der Waals surface area contributed by atoms with Gasteiger partial charge in [-0.25, -0.2) is 4.99 Å². The zero-order valence-corrected chi connectivity index (χ0v) is 12.4. The Morgan fingerprint density at radius 3 is 2.81 bits per heavy atom. The molecule has 6 heteroatoms. The lowest BCUT2D eigenvalue weighted by Crippen LogP contribution is -2.48. The molecule has 2 aliphatic heterocycles. The minimum absolute atomic E-state index is 0.188. The van der Waals surface area contributed by atoms with Crippen LogP contribution >= 0.6 is 0 Å². The molecule has 1 saturated heterocycles. The SMILES string of the molecule is COc1cccc(N2CCN(CC3COC(N)=N3)CC2)c1. The Bertz CT molecular complexity index is 512. The Labute approximate surface area is 125 Å². The fraction of sp³-hybridized carbons (Fsp3) is 0.533. The highest BCUT2D eigenvalue weighted by Crippen LogP contribution is 2.22. The number of piperazine rings is 1. The summed E-state index contributed by atoms with van der Waals surface area (Å²) >= 11 is 0. The normalized spacial score (nSPS) is 22.8. The Kier molecular flexibility index (Phi) is 4.15. The van der Waals surface area contributed by atoms with Crippen molar-refractivity contribution in [3.63, 3.8) is 0 Å². The van der Waals surface area contributed by atoms with Gasteiger partial charge in [0, 0.05) is 44.5 Å². The summed E-state index contributed by atoms with van der Waals surface area (Å²) in [6.45, 7) is 5.63. The van der Waals surface area contributed by atoms with Crippen LogP contribution in [-0.2, 0) is 4.74 Å². The summed E-state index contributed by atoms with van der Waals surface area (Å²) < 4.78 is 10.5. The van der Waals surface area contributed by atoms with Crippen molar-refractivity contribution in [1.82, 2.24) is 4.90 Å². The van der Waals surface area contributed by atoms with E-state index >= 15 is 0 Å². The molecule has 0 amide bonds. The summed E-state index contributed by atoms with van der Waals surface area (Å²) in [6.07, 6.45) is 0. The van der Waals surface area contributed by atoms with Gasteiger partial charge in [-0.05, 0) is 12.1 Å². The van der Waals surface area contributed by atoms with Crippen molar-refractivity contribution in [3.05, 3.63) is 24.3 Å². The molecule has 2 heterocycles. The quantitative estimate of drug-likeness (QED) is 0.876. The van der Waals surface area contributed by atoms with Crippen LogP contribution in [0.15, 0.2) is 29.3 Å². The van der Waals surface area contributed by atoms with E-state index in [0.29, 0.717) is 12.6 Å². The maximum Gasteiger partial charge on any atom is 0.282 e. The number of methoxy groups -OCH3 is 1. The second-order valence-corrected chi connectivity index (χ2v) is 5.42. The number of nitrogens with zero attached hydrogens (tertiary/aromatic N) is 3. The van der Waals surface area contributed by atoms with Crippen LogP contribution in [0.5, 0.6) is 5.75 Å². The maximum atomic E-state index is 5.54. The summed E-state index contributed by atoms with van der Waals surface area (Å²) in [7, 11) is 1.70. The minimum atomic E-state index is 0.188. The Hall–Kier alpha value is -1.95. The van der Waals surface area contributed by atoms with Crippen LogP contribution in [0.25, 0.3) is 0 Å². The molecule has 0 aliphatic carbocycles. The van der Waals surface area contributed by atoms with Gasteiger partial charge in [0.15, 0.2) is 0 Å². The molecule has 2 N–H and O–H groups in total. The molecule has 0 saturated carbocycles. The number of rotatable bonds is 4. The molecule has 2 aliphatic rings. The van der Waals surface area contributed by atoms with Gasteiger partial charge in [-0.1, -0.05) is 6.07 Å². The number of nitrogens with two attached hydrogens (primary N) is 1. The van der Waals surface area contributed by atoms with E-state index < -0.39 is 0 Å². The van der Waals surface area contributed by atoms with Crippen LogP contribution in [0.2, 0.25) is 0 Å². The number of aliphatic imine (C=N–C) groups is 1. The maximum absolute atomic E-state index is 5.54. The number of benzene rings is 1. The van der Waals surface area contributed by atoms with Gasteiger partial charge < -0.3 is 20.1 Å². The van der Waals surface area contributed by atoms with Gasteiger partial charge >= 0.3 is 0 Å². The molecular formula is C15H22N4O2. The van der Waals surface area contributed by atoms with Gasteiger partial charge in [0.05, 0.1) is 7.11 Å². The first-order valence-corrected chi connectivity index (χ1v) is 7.32. The molecule has 3 rings (SSSR count). The highest BCUT2D eigenvalue weighted by atomic mass is 16.5. The summed E-state index contributed by atoms with van der Waals surface area (Å²) in [5.41, 5.74) is 6.77. The van der Waals surface area contributed by atoms with E-state index in [1.165, 1.54) is 5.69 Å². The summed E-state index contributed by atoms with van der Waals surface area (Å²) in [6, 6.07) is 8.75. The highest BCUT2D eigenvalue weighted by Gasteiger charge is 2.23. The van der Waals surface area contributed by atoms with Crippen molar-refractivity contribution >= 4 is 11.7 Å². The number of amidine groups is 1. The van der Waals surface area contributed by atoms with Crippen LogP contribution in [0.3, 0.4) is 0 Å². The van der Waals surface area contributed by atoms with Crippen LogP contribution in [0.1, 0.15) is 0 Å². The molecule has 21 heavy (non-hydrogen) atoms. The molecule has 6 nitrogen and oxygen atoms in total. The van der Waals surface area contributed by atoms with E-state index in [4.69, 9.17) is 15.2 Å². The third-order valence-electron chi connectivity index (χ3n) is 3.99. The first-order chi connectivity index (χ1) is 10.2. The van der Waals surface area contributed by atoms with Crippen molar-refractivity contribution in [3.8, 4) is 5.75 Å². The summed E-state index contributed by atoms with van der Waals surface area (Å²) in [4.78, 5) is 9.10. The van der Waals surface area contributed by atoms with Gasteiger partial charge in [-0.15, -0.1) is 0 Å². The van der Waals surface area contributed by atoms with Gasteiger partial charge in [-0.2, -0.15) is 0 Å². The Balaban J connectivity index is 1.52. The van der Waals surface area contributed by atoms with Crippen LogP contribution in [0, 0.1) is 0 Å². The lowest BCUT2D eigenvalue weighted by molar-refractivity contribution is 0.219. The summed E-state index contributed by atoms with van der Waals surface area (Å²) in [5, 5.41) is 0. The lowest BCUT2D eigenvalue weighted by atomic mass is 10.2. The molecule has 1 aromatic carbocycles. The van der Waals surface area contributed by atoms with E-state index in [-0.39, 0.29) is 6.04 Å². The van der Waals surface area contributed by atoms with Gasteiger partial charge in [0.25, 0.3) is 6.02 Å². The largest absolute Gasteiger partial charge is 0.497 e. The average Bonchev–Trinajstić information content (AvgIpc) is 2.93. The third-order valence-corrected chi connectivity index (χ3v) is 3.99. The van der Waals surface area contributed by atoms with Crippen molar-refractivity contribution in [1.29, 1.82) is 0 Å². The number of anilines is 1. The number of hydrogen-bond acceptors (Lipinski definition) is 6. The topological polar surface area (TPSA) is 63.3 Å². The molecule has 1 fully saturated rings. The molecule has 1 atom stereocenters. The smallest absolute Gasteiger partial charge is 0.282 e. The minimum Gasteiger partial charge on any atom is -0.497 e. The van der Waals surface area contributed by atoms with Crippen LogP contribution in [0.4, 0.5) is 5.69 Å². The van der Waals surface area contributed by atoms with E-state index in [1.807, 2.05) is 12.1 Å².